The molecular formula is C14H13ClN4O. The van der Waals surface area contributed by atoms with Crippen LogP contribution >= 0.6 is 11.6 Å². The molecule has 0 aliphatic heterocycles. The van der Waals surface area contributed by atoms with E-state index in [0.29, 0.717) is 17.5 Å². The highest BCUT2D eigenvalue weighted by atomic mass is 35.5. The number of anilines is 1. The second-order valence-corrected chi connectivity index (χ2v) is 4.90. The van der Waals surface area contributed by atoms with Gasteiger partial charge in [0, 0.05) is 22.9 Å². The molecule has 5 nitrogen and oxygen atoms in total. The summed E-state index contributed by atoms with van der Waals surface area (Å²) in [6.45, 7) is 4.39. The van der Waals surface area contributed by atoms with Crippen LogP contribution in [0.15, 0.2) is 28.8 Å². The van der Waals surface area contributed by atoms with Gasteiger partial charge in [0.05, 0.1) is 5.69 Å². The fraction of sp³-hybridized carbons (Fsp3) is 0.214. The van der Waals surface area contributed by atoms with E-state index < -0.39 is 0 Å². The Morgan fingerprint density at radius 3 is 2.60 bits per heavy atom. The zero-order chi connectivity index (χ0) is 14.1. The Morgan fingerprint density at radius 2 is 1.90 bits per heavy atom. The Hall–Kier alpha value is -2.14. The van der Waals surface area contributed by atoms with Crippen molar-refractivity contribution in [2.75, 3.05) is 5.32 Å². The predicted molar refractivity (Wildman–Crippen MR) is 77.9 cm³/mol. The van der Waals surface area contributed by atoms with Crippen molar-refractivity contribution in [1.82, 2.24) is 15.4 Å². The first kappa shape index (κ1) is 12.9. The minimum atomic E-state index is 0.406. The lowest BCUT2D eigenvalue weighted by atomic mass is 10.1. The van der Waals surface area contributed by atoms with Gasteiger partial charge >= 0.3 is 0 Å². The van der Waals surface area contributed by atoms with Gasteiger partial charge in [-0.15, -0.1) is 10.2 Å². The lowest BCUT2D eigenvalue weighted by Crippen LogP contribution is -2.04. The number of nitrogens with zero attached hydrogens (tertiary/aromatic N) is 3. The second-order valence-electron chi connectivity index (χ2n) is 4.54. The van der Waals surface area contributed by atoms with Gasteiger partial charge in [-0.05, 0) is 13.8 Å². The van der Waals surface area contributed by atoms with Gasteiger partial charge in [-0.25, -0.2) is 0 Å². The number of hydrogen-bond donors (Lipinski definition) is 1. The maximum absolute atomic E-state index is 6.05. The Labute approximate surface area is 120 Å². The maximum atomic E-state index is 6.05. The molecule has 0 fully saturated rings. The fourth-order valence-corrected chi connectivity index (χ4v) is 2.33. The van der Waals surface area contributed by atoms with Crippen LogP contribution in [0.25, 0.3) is 10.8 Å². The number of fused-ring (bicyclic) bond motifs is 1. The molecule has 102 valence electrons. The highest BCUT2D eigenvalue weighted by molar-refractivity contribution is 6.34. The fourth-order valence-electron chi connectivity index (χ4n) is 2.13. The van der Waals surface area contributed by atoms with Crippen molar-refractivity contribution in [3.63, 3.8) is 0 Å². The Bertz CT molecular complexity index is 749. The van der Waals surface area contributed by atoms with Crippen molar-refractivity contribution < 1.29 is 4.52 Å². The third-order valence-corrected chi connectivity index (χ3v) is 3.54. The monoisotopic (exact) mass is 288 g/mol. The third kappa shape index (κ3) is 2.20. The van der Waals surface area contributed by atoms with Crippen LogP contribution in [0.2, 0.25) is 5.15 Å². The van der Waals surface area contributed by atoms with Crippen molar-refractivity contribution in [2.45, 2.75) is 20.4 Å². The zero-order valence-electron chi connectivity index (χ0n) is 11.1. The smallest absolute Gasteiger partial charge is 0.159 e. The molecule has 0 amide bonds. The van der Waals surface area contributed by atoms with Crippen molar-refractivity contribution >= 4 is 28.2 Å². The van der Waals surface area contributed by atoms with E-state index in [1.807, 2.05) is 38.1 Å². The number of aromatic nitrogens is 3. The number of halogens is 1. The first-order chi connectivity index (χ1) is 9.66. The van der Waals surface area contributed by atoms with Gasteiger partial charge < -0.3 is 9.84 Å². The van der Waals surface area contributed by atoms with E-state index in [-0.39, 0.29) is 0 Å². The van der Waals surface area contributed by atoms with E-state index in [4.69, 9.17) is 16.1 Å². The van der Waals surface area contributed by atoms with Crippen molar-refractivity contribution in [3.8, 4) is 0 Å². The van der Waals surface area contributed by atoms with Gasteiger partial charge in [0.2, 0.25) is 0 Å². The summed E-state index contributed by atoms with van der Waals surface area (Å²) in [5.41, 5.74) is 1.91. The van der Waals surface area contributed by atoms with Crippen LogP contribution in [0.5, 0.6) is 0 Å². The minimum absolute atomic E-state index is 0.406. The molecule has 1 aromatic carbocycles. The van der Waals surface area contributed by atoms with Gasteiger partial charge in [0.25, 0.3) is 0 Å². The molecule has 3 rings (SSSR count). The highest BCUT2D eigenvalue weighted by Gasteiger charge is 2.11. The number of rotatable bonds is 3. The third-order valence-electron chi connectivity index (χ3n) is 3.26. The van der Waals surface area contributed by atoms with E-state index >= 15 is 0 Å². The van der Waals surface area contributed by atoms with E-state index in [1.54, 1.807) is 0 Å². The molecule has 2 heterocycles. The van der Waals surface area contributed by atoms with Crippen LogP contribution < -0.4 is 5.32 Å². The highest BCUT2D eigenvalue weighted by Crippen LogP contribution is 2.26. The molecule has 0 spiro atoms. The first-order valence-electron chi connectivity index (χ1n) is 6.23. The summed E-state index contributed by atoms with van der Waals surface area (Å²) in [5.74, 6) is 1.51. The molecule has 3 aromatic rings. The van der Waals surface area contributed by atoms with Gasteiger partial charge in [-0.2, -0.15) is 0 Å². The number of aryl methyl sites for hydroxylation is 2. The molecule has 0 radical (unpaired) electrons. The summed E-state index contributed by atoms with van der Waals surface area (Å²) in [5, 5.41) is 17.5. The standard InChI is InChI=1S/C14H13ClN4O/c1-8-12(9(2)20-19-8)7-16-14-11-6-4-3-5-10(11)13(15)17-18-14/h3-6H,7H2,1-2H3,(H,16,18). The van der Waals surface area contributed by atoms with Gasteiger partial charge in [0.15, 0.2) is 11.0 Å². The van der Waals surface area contributed by atoms with Crippen molar-refractivity contribution in [3.05, 3.63) is 46.4 Å². The molecule has 0 atom stereocenters. The van der Waals surface area contributed by atoms with Crippen molar-refractivity contribution in [1.29, 1.82) is 0 Å². The predicted octanol–water partition coefficient (Wildman–Crippen LogP) is 3.50. The molecular weight excluding hydrogens is 276 g/mol. The van der Waals surface area contributed by atoms with Crippen LogP contribution in [-0.2, 0) is 6.54 Å². The summed E-state index contributed by atoms with van der Waals surface area (Å²) < 4.78 is 5.14. The Morgan fingerprint density at radius 1 is 1.15 bits per heavy atom. The molecule has 6 heteroatoms. The van der Waals surface area contributed by atoms with Crippen LogP contribution in [0, 0.1) is 13.8 Å². The normalized spacial score (nSPS) is 10.9. The zero-order valence-corrected chi connectivity index (χ0v) is 11.9. The quantitative estimate of drug-likeness (QED) is 0.799. The Kier molecular flexibility index (Phi) is 3.28. The largest absolute Gasteiger partial charge is 0.364 e. The van der Waals surface area contributed by atoms with E-state index in [1.165, 1.54) is 0 Å². The molecule has 0 saturated heterocycles. The maximum Gasteiger partial charge on any atom is 0.159 e. The van der Waals surface area contributed by atoms with Crippen LogP contribution in [0.3, 0.4) is 0 Å². The van der Waals surface area contributed by atoms with E-state index in [0.717, 1.165) is 27.8 Å². The molecule has 0 saturated carbocycles. The molecule has 0 aliphatic carbocycles. The average molecular weight is 289 g/mol. The summed E-state index contributed by atoms with van der Waals surface area (Å²) >= 11 is 6.05. The lowest BCUT2D eigenvalue weighted by Gasteiger charge is -2.08. The first-order valence-corrected chi connectivity index (χ1v) is 6.61. The molecule has 0 unspecified atom stereocenters. The number of benzene rings is 1. The SMILES string of the molecule is Cc1noc(C)c1CNc1nnc(Cl)c2ccccc12. The number of nitrogens with one attached hydrogen (secondary N) is 1. The average Bonchev–Trinajstić information content (AvgIpc) is 2.78. The van der Waals surface area contributed by atoms with Gasteiger partial charge in [-0.3, -0.25) is 0 Å². The Balaban J connectivity index is 1.94. The molecule has 0 aliphatic rings. The summed E-state index contributed by atoms with van der Waals surface area (Å²) in [4.78, 5) is 0. The molecule has 20 heavy (non-hydrogen) atoms. The van der Waals surface area contributed by atoms with Gasteiger partial charge in [0.1, 0.15) is 5.76 Å². The summed E-state index contributed by atoms with van der Waals surface area (Å²) in [6.07, 6.45) is 0. The summed E-state index contributed by atoms with van der Waals surface area (Å²) in [6, 6.07) is 7.76. The molecule has 0 bridgehead atoms. The second kappa shape index (κ2) is 5.09. The number of hydrogen-bond acceptors (Lipinski definition) is 5. The van der Waals surface area contributed by atoms with E-state index in [2.05, 4.69) is 20.7 Å². The lowest BCUT2D eigenvalue weighted by molar-refractivity contribution is 0.392. The van der Waals surface area contributed by atoms with Crippen LogP contribution in [0.4, 0.5) is 5.82 Å². The molecule has 2 aromatic heterocycles. The molecule has 1 N–H and O–H groups in total. The van der Waals surface area contributed by atoms with Gasteiger partial charge in [-0.1, -0.05) is 41.0 Å². The summed E-state index contributed by atoms with van der Waals surface area (Å²) in [7, 11) is 0. The van der Waals surface area contributed by atoms with Crippen LogP contribution in [-0.4, -0.2) is 15.4 Å². The topological polar surface area (TPSA) is 63.8 Å². The van der Waals surface area contributed by atoms with Crippen molar-refractivity contribution in [2.24, 2.45) is 0 Å². The van der Waals surface area contributed by atoms with Crippen LogP contribution in [0.1, 0.15) is 17.0 Å². The van der Waals surface area contributed by atoms with E-state index in [9.17, 15) is 0 Å². The minimum Gasteiger partial charge on any atom is -0.364 e.